The fraction of sp³-hybridized carbons (Fsp3) is 0.962. The molecule has 0 aliphatic rings. The Kier molecular flexibility index (Phi) is 21.7. The average molecular weight is 381 g/mol. The van der Waals surface area contributed by atoms with Gasteiger partial charge < -0.3 is 0 Å². The number of hydrogen-bond acceptors (Lipinski definition) is 1. The van der Waals surface area contributed by atoms with Crippen molar-refractivity contribution in [2.24, 2.45) is 5.92 Å². The molecule has 0 unspecified atom stereocenters. The molecule has 0 rings (SSSR count). The Labute approximate surface area is 172 Å². The quantitative estimate of drug-likeness (QED) is 0.171. The Morgan fingerprint density at radius 3 is 1.00 bits per heavy atom. The van der Waals surface area contributed by atoms with Crippen LogP contribution in [0.2, 0.25) is 0 Å². The fourth-order valence-electron chi connectivity index (χ4n) is 3.84. The molecule has 0 amide bonds. The van der Waals surface area contributed by atoms with Gasteiger partial charge >= 0.3 is 0 Å². The highest BCUT2D eigenvalue weighted by atomic mass is 16.1. The van der Waals surface area contributed by atoms with Gasteiger partial charge in [-0.2, -0.15) is 0 Å². The number of rotatable bonds is 22. The van der Waals surface area contributed by atoms with Crippen LogP contribution >= 0.6 is 0 Å². The highest BCUT2D eigenvalue weighted by molar-refractivity contribution is 5.80. The minimum atomic E-state index is 0.227. The van der Waals surface area contributed by atoms with E-state index in [2.05, 4.69) is 6.92 Å². The van der Waals surface area contributed by atoms with Crippen LogP contribution in [0.25, 0.3) is 0 Å². The summed E-state index contributed by atoms with van der Waals surface area (Å²) in [5, 5.41) is 0. The third kappa shape index (κ3) is 21.8. The smallest absolute Gasteiger partial charge is 0.135 e. The van der Waals surface area contributed by atoms with Crippen LogP contribution < -0.4 is 0 Å². The summed E-state index contributed by atoms with van der Waals surface area (Å²) in [6, 6.07) is 0. The van der Waals surface area contributed by atoms with Crippen LogP contribution in [0.5, 0.6) is 0 Å². The van der Waals surface area contributed by atoms with Crippen molar-refractivity contribution in [3.05, 3.63) is 0 Å². The van der Waals surface area contributed by atoms with E-state index in [1.165, 1.54) is 122 Å². The Bertz CT molecular complexity index is 295. The molecule has 0 heterocycles. The standard InChI is InChI=1S/C26H52O/c1-4-5-6-7-8-9-10-11-12-13-14-15-16-17-18-19-20-21-22-23-24-26(27)25(2)3/h25H,4-24H2,1-3H3. The van der Waals surface area contributed by atoms with E-state index < -0.39 is 0 Å². The second kappa shape index (κ2) is 22.0. The zero-order valence-corrected chi connectivity index (χ0v) is 19.3. The molecule has 0 saturated heterocycles. The van der Waals surface area contributed by atoms with Crippen LogP contribution in [-0.4, -0.2) is 5.78 Å². The van der Waals surface area contributed by atoms with Crippen molar-refractivity contribution in [3.63, 3.8) is 0 Å². The molecule has 27 heavy (non-hydrogen) atoms. The van der Waals surface area contributed by atoms with Crippen molar-refractivity contribution in [1.29, 1.82) is 0 Å². The van der Waals surface area contributed by atoms with Crippen molar-refractivity contribution in [3.8, 4) is 0 Å². The summed E-state index contributed by atoms with van der Waals surface area (Å²) >= 11 is 0. The fourth-order valence-corrected chi connectivity index (χ4v) is 3.84. The summed E-state index contributed by atoms with van der Waals surface area (Å²) in [4.78, 5) is 11.5. The summed E-state index contributed by atoms with van der Waals surface area (Å²) in [7, 11) is 0. The van der Waals surface area contributed by atoms with E-state index in [4.69, 9.17) is 0 Å². The molecule has 0 aromatic carbocycles. The summed E-state index contributed by atoms with van der Waals surface area (Å²) in [5.41, 5.74) is 0. The molecule has 1 heteroatoms. The molecule has 0 aliphatic heterocycles. The van der Waals surface area contributed by atoms with Crippen molar-refractivity contribution in [1.82, 2.24) is 0 Å². The van der Waals surface area contributed by atoms with Crippen LogP contribution in [0.1, 0.15) is 156 Å². The van der Waals surface area contributed by atoms with Gasteiger partial charge in [0.2, 0.25) is 0 Å². The molecule has 0 aromatic rings. The van der Waals surface area contributed by atoms with Gasteiger partial charge in [0.05, 0.1) is 0 Å². The van der Waals surface area contributed by atoms with E-state index in [0.29, 0.717) is 5.78 Å². The van der Waals surface area contributed by atoms with Gasteiger partial charge in [0.15, 0.2) is 0 Å². The zero-order valence-electron chi connectivity index (χ0n) is 19.3. The van der Waals surface area contributed by atoms with Gasteiger partial charge in [-0.25, -0.2) is 0 Å². The van der Waals surface area contributed by atoms with Gasteiger partial charge in [0, 0.05) is 12.3 Å². The molecule has 0 fully saturated rings. The molecule has 0 N–H and O–H groups in total. The lowest BCUT2D eigenvalue weighted by Gasteiger charge is -2.05. The first kappa shape index (κ1) is 26.7. The van der Waals surface area contributed by atoms with Gasteiger partial charge in [0.25, 0.3) is 0 Å². The largest absolute Gasteiger partial charge is 0.299 e. The third-order valence-electron chi connectivity index (χ3n) is 5.92. The van der Waals surface area contributed by atoms with Crippen LogP contribution in [0.3, 0.4) is 0 Å². The number of carbonyl (C=O) groups excluding carboxylic acids is 1. The van der Waals surface area contributed by atoms with Crippen molar-refractivity contribution < 1.29 is 4.79 Å². The van der Waals surface area contributed by atoms with Crippen LogP contribution in [0.4, 0.5) is 0 Å². The van der Waals surface area contributed by atoms with E-state index in [1.807, 2.05) is 13.8 Å². The van der Waals surface area contributed by atoms with Gasteiger partial charge in [0.1, 0.15) is 5.78 Å². The Morgan fingerprint density at radius 2 is 0.741 bits per heavy atom. The lowest BCUT2D eigenvalue weighted by Crippen LogP contribution is -2.05. The SMILES string of the molecule is CCCCCCCCCCCCCCCCCCCCCCC(=O)C(C)C. The monoisotopic (exact) mass is 380 g/mol. The van der Waals surface area contributed by atoms with Crippen LogP contribution in [0.15, 0.2) is 0 Å². The average Bonchev–Trinajstić information content (AvgIpc) is 2.66. The minimum absolute atomic E-state index is 0.227. The lowest BCUT2D eigenvalue weighted by atomic mass is 10.0. The van der Waals surface area contributed by atoms with Crippen LogP contribution in [0, 0.1) is 5.92 Å². The summed E-state index contributed by atoms with van der Waals surface area (Å²) < 4.78 is 0. The molecule has 0 bridgehead atoms. The van der Waals surface area contributed by atoms with E-state index in [9.17, 15) is 4.79 Å². The molecule has 0 saturated carbocycles. The highest BCUT2D eigenvalue weighted by Crippen LogP contribution is 2.15. The number of hydrogen-bond donors (Lipinski definition) is 0. The summed E-state index contributed by atoms with van der Waals surface area (Å²) in [6.07, 6.45) is 29.0. The molecule has 162 valence electrons. The van der Waals surface area contributed by atoms with E-state index in [1.54, 1.807) is 0 Å². The molecular weight excluding hydrogens is 328 g/mol. The normalized spacial score (nSPS) is 11.4. The van der Waals surface area contributed by atoms with Crippen molar-refractivity contribution >= 4 is 5.78 Å². The predicted octanol–water partition coefficient (Wildman–Crippen LogP) is 9.42. The van der Waals surface area contributed by atoms with E-state index >= 15 is 0 Å². The number of unbranched alkanes of at least 4 members (excludes halogenated alkanes) is 19. The summed E-state index contributed by atoms with van der Waals surface area (Å²) in [6.45, 7) is 6.32. The molecule has 1 nitrogen and oxygen atoms in total. The van der Waals surface area contributed by atoms with E-state index in [-0.39, 0.29) is 5.92 Å². The topological polar surface area (TPSA) is 17.1 Å². The van der Waals surface area contributed by atoms with Crippen molar-refractivity contribution in [2.75, 3.05) is 0 Å². The zero-order chi connectivity index (χ0) is 20.0. The van der Waals surface area contributed by atoms with Gasteiger partial charge in [-0.1, -0.05) is 143 Å². The highest BCUT2D eigenvalue weighted by Gasteiger charge is 2.05. The molecule has 0 radical (unpaired) electrons. The maximum atomic E-state index is 11.5. The number of carbonyl (C=O) groups is 1. The summed E-state index contributed by atoms with van der Waals surface area (Å²) in [5.74, 6) is 0.669. The first-order valence-electron chi connectivity index (χ1n) is 12.7. The second-order valence-corrected chi connectivity index (χ2v) is 9.09. The number of ketones is 1. The van der Waals surface area contributed by atoms with Gasteiger partial charge in [-0.15, -0.1) is 0 Å². The molecule has 0 aromatic heterocycles. The minimum Gasteiger partial charge on any atom is -0.299 e. The molecule has 0 spiro atoms. The lowest BCUT2D eigenvalue weighted by molar-refractivity contribution is -0.122. The molecule has 0 atom stereocenters. The predicted molar refractivity (Wildman–Crippen MR) is 122 cm³/mol. The Hall–Kier alpha value is -0.330. The van der Waals surface area contributed by atoms with Crippen molar-refractivity contribution in [2.45, 2.75) is 156 Å². The number of Topliss-reactive ketones (excluding diaryl/α,β-unsaturated/α-hetero) is 1. The van der Waals surface area contributed by atoms with Gasteiger partial charge in [-0.3, -0.25) is 4.79 Å². The maximum Gasteiger partial charge on any atom is 0.135 e. The van der Waals surface area contributed by atoms with Gasteiger partial charge in [-0.05, 0) is 6.42 Å². The Morgan fingerprint density at radius 1 is 0.481 bits per heavy atom. The maximum absolute atomic E-state index is 11.5. The first-order valence-corrected chi connectivity index (χ1v) is 12.7. The van der Waals surface area contributed by atoms with E-state index in [0.717, 1.165) is 12.8 Å². The van der Waals surface area contributed by atoms with Crippen LogP contribution in [-0.2, 0) is 4.79 Å². The molecule has 0 aliphatic carbocycles. The molecular formula is C26H52O. The third-order valence-corrected chi connectivity index (χ3v) is 5.92. The second-order valence-electron chi connectivity index (χ2n) is 9.09. The first-order chi connectivity index (χ1) is 13.2. The Balaban J connectivity index is 3.04.